The molecule has 3 aromatic rings. The van der Waals surface area contributed by atoms with Gasteiger partial charge in [-0.25, -0.2) is 4.98 Å². The summed E-state index contributed by atoms with van der Waals surface area (Å²) in [6.07, 6.45) is -2.47. The average Bonchev–Trinajstić information content (AvgIpc) is 3.32. The van der Waals surface area contributed by atoms with Crippen molar-refractivity contribution in [3.8, 4) is 17.3 Å². The van der Waals surface area contributed by atoms with E-state index in [-0.39, 0.29) is 22.9 Å². The highest BCUT2D eigenvalue weighted by molar-refractivity contribution is 6.06. The first-order valence-corrected chi connectivity index (χ1v) is 8.07. The first-order valence-electron chi connectivity index (χ1n) is 8.07. The smallest absolute Gasteiger partial charge is 0.435 e. The third-order valence-electron chi connectivity index (χ3n) is 4.24. The maximum absolute atomic E-state index is 13.0. The predicted molar refractivity (Wildman–Crippen MR) is 89.5 cm³/mol. The minimum absolute atomic E-state index is 0.0649. The second kappa shape index (κ2) is 6.15. The maximum Gasteiger partial charge on any atom is 0.435 e. The summed E-state index contributed by atoms with van der Waals surface area (Å²) in [5.74, 6) is 0.159. The Balaban J connectivity index is 1.60. The Morgan fingerprint density at radius 2 is 2.15 bits per heavy atom. The largest absolute Gasteiger partial charge is 0.493 e. The SMILES string of the molecule is Cc1[nH]c(-c2[nH]ncc2NC(=O)c2ccc3c(c2)OCC3)nc1C(F)(F)F. The number of halogens is 3. The van der Waals surface area contributed by atoms with Gasteiger partial charge in [0.05, 0.1) is 18.5 Å². The number of hydrogen-bond donors (Lipinski definition) is 3. The van der Waals surface area contributed by atoms with Gasteiger partial charge in [-0.2, -0.15) is 18.3 Å². The van der Waals surface area contributed by atoms with Crippen molar-refractivity contribution in [1.29, 1.82) is 0 Å². The van der Waals surface area contributed by atoms with Gasteiger partial charge in [0.2, 0.25) is 0 Å². The highest BCUT2D eigenvalue weighted by Gasteiger charge is 2.36. The van der Waals surface area contributed by atoms with Gasteiger partial charge in [0.25, 0.3) is 5.91 Å². The van der Waals surface area contributed by atoms with Crippen LogP contribution < -0.4 is 10.1 Å². The molecule has 1 aromatic carbocycles. The van der Waals surface area contributed by atoms with Crippen LogP contribution >= 0.6 is 0 Å². The van der Waals surface area contributed by atoms with Crippen molar-refractivity contribution in [2.24, 2.45) is 0 Å². The van der Waals surface area contributed by atoms with Crippen molar-refractivity contribution < 1.29 is 22.7 Å². The van der Waals surface area contributed by atoms with Gasteiger partial charge in [-0.3, -0.25) is 9.89 Å². The molecular weight excluding hydrogens is 363 g/mol. The van der Waals surface area contributed by atoms with Gasteiger partial charge >= 0.3 is 6.18 Å². The summed E-state index contributed by atoms with van der Waals surface area (Å²) in [5, 5.41) is 9.00. The first kappa shape index (κ1) is 17.1. The van der Waals surface area contributed by atoms with E-state index < -0.39 is 17.8 Å². The Morgan fingerprint density at radius 3 is 2.89 bits per heavy atom. The van der Waals surface area contributed by atoms with E-state index in [1.165, 1.54) is 13.1 Å². The molecule has 0 fully saturated rings. The van der Waals surface area contributed by atoms with Gasteiger partial charge in [-0.15, -0.1) is 0 Å². The van der Waals surface area contributed by atoms with Crippen LogP contribution in [-0.4, -0.2) is 32.7 Å². The number of carbonyl (C=O) groups is 1. The van der Waals surface area contributed by atoms with Crippen molar-refractivity contribution >= 4 is 11.6 Å². The van der Waals surface area contributed by atoms with Gasteiger partial charge < -0.3 is 15.0 Å². The molecule has 10 heteroatoms. The molecule has 3 heterocycles. The molecule has 0 spiro atoms. The van der Waals surface area contributed by atoms with Crippen molar-refractivity contribution in [3.05, 3.63) is 46.9 Å². The van der Waals surface area contributed by atoms with Crippen LogP contribution in [-0.2, 0) is 12.6 Å². The van der Waals surface area contributed by atoms with E-state index in [0.29, 0.717) is 17.9 Å². The number of ether oxygens (including phenoxy) is 1. The van der Waals surface area contributed by atoms with E-state index >= 15 is 0 Å². The van der Waals surface area contributed by atoms with E-state index in [4.69, 9.17) is 4.74 Å². The molecule has 7 nitrogen and oxygen atoms in total. The fourth-order valence-corrected chi connectivity index (χ4v) is 2.92. The number of hydrogen-bond acceptors (Lipinski definition) is 4. The number of aromatic nitrogens is 4. The summed E-state index contributed by atoms with van der Waals surface area (Å²) >= 11 is 0. The molecule has 3 N–H and O–H groups in total. The Kier molecular flexibility index (Phi) is 3.90. The summed E-state index contributed by atoms with van der Waals surface area (Å²) in [5.41, 5.74) is 0.624. The zero-order chi connectivity index (χ0) is 19.2. The Bertz CT molecular complexity index is 1020. The number of imidazole rings is 1. The zero-order valence-electron chi connectivity index (χ0n) is 14.1. The molecule has 0 radical (unpaired) electrons. The van der Waals surface area contributed by atoms with Crippen molar-refractivity contribution in [3.63, 3.8) is 0 Å². The second-order valence-corrected chi connectivity index (χ2v) is 6.09. The van der Waals surface area contributed by atoms with E-state index in [0.717, 1.165) is 12.0 Å². The van der Waals surface area contributed by atoms with Crippen LogP contribution in [0.1, 0.15) is 27.3 Å². The number of anilines is 1. The van der Waals surface area contributed by atoms with Gasteiger partial charge in [0.1, 0.15) is 11.4 Å². The third kappa shape index (κ3) is 3.14. The highest BCUT2D eigenvalue weighted by atomic mass is 19.4. The predicted octanol–water partition coefficient (Wildman–Crippen LogP) is 3.31. The number of carbonyl (C=O) groups excluding carboxylic acids is 1. The van der Waals surface area contributed by atoms with Gasteiger partial charge in [0.15, 0.2) is 11.5 Å². The van der Waals surface area contributed by atoms with Crippen LogP contribution in [0.25, 0.3) is 11.5 Å². The quantitative estimate of drug-likeness (QED) is 0.653. The molecule has 0 atom stereocenters. The molecule has 2 aromatic heterocycles. The fraction of sp³-hybridized carbons (Fsp3) is 0.235. The topological polar surface area (TPSA) is 95.7 Å². The van der Waals surface area contributed by atoms with Crippen LogP contribution in [0, 0.1) is 6.92 Å². The van der Waals surface area contributed by atoms with Crippen molar-refractivity contribution in [2.45, 2.75) is 19.5 Å². The standard InChI is InChI=1S/C17H14F3N5O2/c1-8-14(17(18,19)20)24-15(22-8)13-11(7-21-25-13)23-16(26)10-3-2-9-4-5-27-12(9)6-10/h2-3,6-7H,4-5H2,1H3,(H,21,25)(H,22,24)(H,23,26). The molecular formula is C17H14F3N5O2. The van der Waals surface area contributed by atoms with Crippen LogP contribution in [0.5, 0.6) is 5.75 Å². The summed E-state index contributed by atoms with van der Waals surface area (Å²) in [6.45, 7) is 1.85. The molecule has 0 saturated carbocycles. The second-order valence-electron chi connectivity index (χ2n) is 6.09. The molecule has 1 aliphatic heterocycles. The molecule has 140 valence electrons. The van der Waals surface area contributed by atoms with E-state index in [2.05, 4.69) is 25.5 Å². The lowest BCUT2D eigenvalue weighted by Crippen LogP contribution is -2.12. The van der Waals surface area contributed by atoms with Gasteiger partial charge in [0, 0.05) is 17.7 Å². The minimum atomic E-state index is -4.58. The molecule has 0 saturated heterocycles. The molecule has 4 rings (SSSR count). The number of rotatable bonds is 3. The Morgan fingerprint density at radius 1 is 1.33 bits per heavy atom. The number of benzene rings is 1. The maximum atomic E-state index is 13.0. The minimum Gasteiger partial charge on any atom is -0.493 e. The van der Waals surface area contributed by atoms with Crippen molar-refractivity contribution in [1.82, 2.24) is 20.2 Å². The first-order chi connectivity index (χ1) is 12.8. The third-order valence-corrected chi connectivity index (χ3v) is 4.24. The summed E-state index contributed by atoms with van der Waals surface area (Å²) in [7, 11) is 0. The number of aryl methyl sites for hydroxylation is 1. The molecule has 0 unspecified atom stereocenters. The summed E-state index contributed by atoms with van der Waals surface area (Å²) in [4.78, 5) is 18.7. The van der Waals surface area contributed by atoms with E-state index in [9.17, 15) is 18.0 Å². The molecule has 1 aliphatic rings. The monoisotopic (exact) mass is 377 g/mol. The normalized spacial score (nSPS) is 13.3. The molecule has 0 aliphatic carbocycles. The van der Waals surface area contributed by atoms with E-state index in [1.54, 1.807) is 12.1 Å². The van der Waals surface area contributed by atoms with E-state index in [1.807, 2.05) is 6.07 Å². The van der Waals surface area contributed by atoms with Crippen LogP contribution in [0.4, 0.5) is 18.9 Å². The lowest BCUT2D eigenvalue weighted by atomic mass is 10.1. The van der Waals surface area contributed by atoms with Gasteiger partial charge in [-0.1, -0.05) is 6.07 Å². The number of H-pyrrole nitrogens is 2. The fourth-order valence-electron chi connectivity index (χ4n) is 2.92. The molecule has 1 amide bonds. The average molecular weight is 377 g/mol. The van der Waals surface area contributed by atoms with Crippen LogP contribution in [0.15, 0.2) is 24.4 Å². The lowest BCUT2D eigenvalue weighted by molar-refractivity contribution is -0.141. The zero-order valence-corrected chi connectivity index (χ0v) is 14.1. The van der Waals surface area contributed by atoms with Gasteiger partial charge in [-0.05, 0) is 24.6 Å². The van der Waals surface area contributed by atoms with Crippen LogP contribution in [0.2, 0.25) is 0 Å². The lowest BCUT2D eigenvalue weighted by Gasteiger charge is -2.06. The Hall–Kier alpha value is -3.30. The number of amides is 1. The number of alkyl halides is 3. The Labute approximate surface area is 151 Å². The number of fused-ring (bicyclic) bond motifs is 1. The number of aromatic amines is 2. The molecule has 27 heavy (non-hydrogen) atoms. The number of nitrogens with one attached hydrogen (secondary N) is 3. The highest BCUT2D eigenvalue weighted by Crippen LogP contribution is 2.33. The summed E-state index contributed by atoms with van der Waals surface area (Å²) < 4.78 is 44.3. The molecule has 0 bridgehead atoms. The van der Waals surface area contributed by atoms with Crippen molar-refractivity contribution in [2.75, 3.05) is 11.9 Å². The summed E-state index contributed by atoms with van der Waals surface area (Å²) in [6, 6.07) is 5.12. The van der Waals surface area contributed by atoms with Crippen LogP contribution in [0.3, 0.4) is 0 Å². The number of nitrogens with zero attached hydrogens (tertiary/aromatic N) is 2.